The van der Waals surface area contributed by atoms with Gasteiger partial charge in [-0.2, -0.15) is 0 Å². The summed E-state index contributed by atoms with van der Waals surface area (Å²) < 4.78 is 26.2. The van der Waals surface area contributed by atoms with Crippen LogP contribution >= 0.6 is 15.9 Å². The summed E-state index contributed by atoms with van der Waals surface area (Å²) in [5.74, 6) is -1.24. The van der Waals surface area contributed by atoms with Gasteiger partial charge in [-0.1, -0.05) is 0 Å². The van der Waals surface area contributed by atoms with Crippen LogP contribution < -0.4 is 0 Å². The zero-order chi connectivity index (χ0) is 9.42. The van der Waals surface area contributed by atoms with Crippen LogP contribution in [0, 0.1) is 11.6 Å². The number of hydrogen-bond acceptors (Lipinski definition) is 1. The Labute approximate surface area is 81.5 Å². The third-order valence-electron chi connectivity index (χ3n) is 1.74. The minimum absolute atomic E-state index is 0.145. The van der Waals surface area contributed by atoms with Crippen LogP contribution in [0.4, 0.5) is 8.78 Å². The van der Waals surface area contributed by atoms with Crippen molar-refractivity contribution in [2.45, 2.75) is 0 Å². The van der Waals surface area contributed by atoms with Gasteiger partial charge in [0.1, 0.15) is 11.6 Å². The van der Waals surface area contributed by atoms with Gasteiger partial charge >= 0.3 is 0 Å². The fourth-order valence-electron chi connectivity index (χ4n) is 1.12. The van der Waals surface area contributed by atoms with Crippen molar-refractivity contribution >= 4 is 26.8 Å². The Balaban J connectivity index is 2.94. The van der Waals surface area contributed by atoms with Crippen LogP contribution in [0.25, 0.3) is 10.9 Å². The summed E-state index contributed by atoms with van der Waals surface area (Å²) in [5.41, 5.74) is 0.320. The molecule has 0 amide bonds. The highest BCUT2D eigenvalue weighted by molar-refractivity contribution is 9.10. The molecule has 0 aliphatic carbocycles. The topological polar surface area (TPSA) is 12.9 Å². The Morgan fingerprint density at radius 3 is 2.85 bits per heavy atom. The Hall–Kier alpha value is -1.03. The summed E-state index contributed by atoms with van der Waals surface area (Å²) in [5, 5.41) is 0.316. The third kappa shape index (κ3) is 1.31. The van der Waals surface area contributed by atoms with E-state index in [4.69, 9.17) is 0 Å². The number of hydrogen-bond donors (Lipinski definition) is 0. The van der Waals surface area contributed by atoms with Crippen molar-refractivity contribution in [3.8, 4) is 0 Å². The van der Waals surface area contributed by atoms with Gasteiger partial charge in [0.2, 0.25) is 0 Å². The molecule has 1 aromatic heterocycles. The van der Waals surface area contributed by atoms with Crippen molar-refractivity contribution in [2.24, 2.45) is 0 Å². The van der Waals surface area contributed by atoms with E-state index in [2.05, 4.69) is 20.9 Å². The summed E-state index contributed by atoms with van der Waals surface area (Å²) in [4.78, 5) is 3.84. The third-order valence-corrected chi connectivity index (χ3v) is 2.47. The first-order valence-corrected chi connectivity index (χ1v) is 4.37. The van der Waals surface area contributed by atoms with Crippen LogP contribution in [-0.4, -0.2) is 4.98 Å². The first-order chi connectivity index (χ1) is 6.20. The minimum atomic E-state index is -0.635. The number of halogens is 3. The molecule has 0 aliphatic rings. The van der Waals surface area contributed by atoms with Crippen LogP contribution in [0.3, 0.4) is 0 Å². The maximum Gasteiger partial charge on any atom is 0.149 e. The monoisotopic (exact) mass is 243 g/mol. The van der Waals surface area contributed by atoms with Crippen LogP contribution in [-0.2, 0) is 0 Å². The second-order valence-electron chi connectivity index (χ2n) is 2.56. The van der Waals surface area contributed by atoms with Gasteiger partial charge < -0.3 is 0 Å². The van der Waals surface area contributed by atoms with E-state index in [0.29, 0.717) is 10.9 Å². The van der Waals surface area contributed by atoms with E-state index in [1.807, 2.05) is 0 Å². The van der Waals surface area contributed by atoms with Gasteiger partial charge in [0.05, 0.1) is 9.99 Å². The van der Waals surface area contributed by atoms with Gasteiger partial charge in [-0.3, -0.25) is 4.98 Å². The SMILES string of the molecule is Fc1cc2ncccc2c(F)c1Br. The molecule has 0 atom stereocenters. The molecule has 0 saturated carbocycles. The van der Waals surface area contributed by atoms with Gasteiger partial charge in [0, 0.05) is 17.6 Å². The van der Waals surface area contributed by atoms with Crippen LogP contribution in [0.5, 0.6) is 0 Å². The second-order valence-corrected chi connectivity index (χ2v) is 3.35. The van der Waals surface area contributed by atoms with Crippen molar-refractivity contribution in [2.75, 3.05) is 0 Å². The number of fused-ring (bicyclic) bond motifs is 1. The fourth-order valence-corrected chi connectivity index (χ4v) is 1.45. The van der Waals surface area contributed by atoms with E-state index in [-0.39, 0.29) is 4.47 Å². The molecule has 0 aliphatic heterocycles. The lowest BCUT2D eigenvalue weighted by atomic mass is 10.2. The molecule has 0 saturated heterocycles. The van der Waals surface area contributed by atoms with Gasteiger partial charge in [0.25, 0.3) is 0 Å². The first-order valence-electron chi connectivity index (χ1n) is 3.58. The highest BCUT2D eigenvalue weighted by Crippen LogP contribution is 2.26. The lowest BCUT2D eigenvalue weighted by molar-refractivity contribution is 0.580. The molecule has 1 heterocycles. The molecule has 0 radical (unpaired) electrons. The zero-order valence-electron chi connectivity index (χ0n) is 6.39. The molecule has 1 aromatic carbocycles. The van der Waals surface area contributed by atoms with Crippen LogP contribution in [0.1, 0.15) is 0 Å². The highest BCUT2D eigenvalue weighted by Gasteiger charge is 2.10. The average molecular weight is 244 g/mol. The molecule has 0 fully saturated rings. The quantitative estimate of drug-likeness (QED) is 0.648. The van der Waals surface area contributed by atoms with E-state index >= 15 is 0 Å². The molecular weight excluding hydrogens is 240 g/mol. The lowest BCUT2D eigenvalue weighted by Crippen LogP contribution is -1.88. The van der Waals surface area contributed by atoms with Crippen LogP contribution in [0.15, 0.2) is 28.9 Å². The number of benzene rings is 1. The molecule has 0 spiro atoms. The van der Waals surface area contributed by atoms with Crippen molar-refractivity contribution in [3.05, 3.63) is 40.5 Å². The molecule has 0 N–H and O–H groups in total. The number of rotatable bonds is 0. The van der Waals surface area contributed by atoms with E-state index in [1.54, 1.807) is 12.1 Å². The molecule has 2 rings (SSSR count). The minimum Gasteiger partial charge on any atom is -0.256 e. The predicted molar refractivity (Wildman–Crippen MR) is 49.4 cm³/mol. The largest absolute Gasteiger partial charge is 0.256 e. The zero-order valence-corrected chi connectivity index (χ0v) is 7.98. The molecule has 0 unspecified atom stereocenters. The Kier molecular flexibility index (Phi) is 2.00. The van der Waals surface area contributed by atoms with E-state index in [9.17, 15) is 8.78 Å². The normalized spacial score (nSPS) is 10.7. The average Bonchev–Trinajstić information content (AvgIpc) is 2.15. The molecular formula is C9H4BrF2N. The van der Waals surface area contributed by atoms with Crippen molar-refractivity contribution < 1.29 is 8.78 Å². The molecule has 13 heavy (non-hydrogen) atoms. The van der Waals surface area contributed by atoms with Crippen LogP contribution in [0.2, 0.25) is 0 Å². The van der Waals surface area contributed by atoms with Gasteiger partial charge in [-0.25, -0.2) is 8.78 Å². The summed E-state index contributed by atoms with van der Waals surface area (Å²) >= 11 is 2.82. The Bertz CT molecular complexity index is 470. The van der Waals surface area contributed by atoms with E-state index in [0.717, 1.165) is 0 Å². The first kappa shape index (κ1) is 8.56. The summed E-state index contributed by atoms with van der Waals surface area (Å²) in [7, 11) is 0. The van der Waals surface area contributed by atoms with E-state index in [1.165, 1.54) is 12.3 Å². The fraction of sp³-hybridized carbons (Fsp3) is 0. The molecule has 66 valence electrons. The Morgan fingerprint density at radius 1 is 1.31 bits per heavy atom. The maximum atomic E-state index is 13.3. The van der Waals surface area contributed by atoms with Gasteiger partial charge in [0.15, 0.2) is 0 Å². The standard InChI is InChI=1S/C9H4BrF2N/c10-8-6(11)4-7-5(9(8)12)2-1-3-13-7/h1-4H. The lowest BCUT2D eigenvalue weighted by Gasteiger charge is -2.01. The molecule has 1 nitrogen and oxygen atoms in total. The highest BCUT2D eigenvalue weighted by atomic mass is 79.9. The van der Waals surface area contributed by atoms with Crippen molar-refractivity contribution in [1.82, 2.24) is 4.98 Å². The van der Waals surface area contributed by atoms with Crippen molar-refractivity contribution in [1.29, 1.82) is 0 Å². The van der Waals surface area contributed by atoms with E-state index < -0.39 is 11.6 Å². The second kappa shape index (κ2) is 3.03. The maximum absolute atomic E-state index is 13.3. The summed E-state index contributed by atoms with van der Waals surface area (Å²) in [6.45, 7) is 0. The van der Waals surface area contributed by atoms with Gasteiger partial charge in [-0.05, 0) is 28.1 Å². The summed E-state index contributed by atoms with van der Waals surface area (Å²) in [6, 6.07) is 4.36. The molecule has 4 heteroatoms. The number of aromatic nitrogens is 1. The van der Waals surface area contributed by atoms with Gasteiger partial charge in [-0.15, -0.1) is 0 Å². The molecule has 0 bridgehead atoms. The molecule has 2 aromatic rings. The predicted octanol–water partition coefficient (Wildman–Crippen LogP) is 3.28. The smallest absolute Gasteiger partial charge is 0.149 e. The summed E-state index contributed by atoms with van der Waals surface area (Å²) in [6.07, 6.45) is 1.50. The number of pyridine rings is 1. The number of nitrogens with zero attached hydrogens (tertiary/aromatic N) is 1. The van der Waals surface area contributed by atoms with Crippen molar-refractivity contribution in [3.63, 3.8) is 0 Å². The Morgan fingerprint density at radius 2 is 2.08 bits per heavy atom.